The molecule has 6 nitrogen and oxygen atoms in total. The highest BCUT2D eigenvalue weighted by Crippen LogP contribution is 2.59. The molecular weight excluding hydrogens is 504 g/mol. The first kappa shape index (κ1) is 25.8. The summed E-state index contributed by atoms with van der Waals surface area (Å²) in [6.45, 7) is 4.26. The first-order chi connectivity index (χ1) is 16.2. The molecule has 0 unspecified atom stereocenters. The third kappa shape index (κ3) is 5.03. The van der Waals surface area contributed by atoms with Crippen molar-refractivity contribution in [3.05, 3.63) is 53.2 Å². The SMILES string of the molecule is Cc1cnc(-c2nnc(SCCCN3C[C@@H]4C[C@]4(c4ccc(C(F)(F)F)cc4F)C3)n2C)cn1.Cl. The van der Waals surface area contributed by atoms with Crippen LogP contribution in [0.25, 0.3) is 11.5 Å². The monoisotopic (exact) mass is 528 g/mol. The normalized spacial score (nSPS) is 21.6. The zero-order chi connectivity index (χ0) is 24.1. The van der Waals surface area contributed by atoms with E-state index in [-0.39, 0.29) is 17.8 Å². The molecule has 1 aliphatic heterocycles. The van der Waals surface area contributed by atoms with Gasteiger partial charge in [0, 0.05) is 37.5 Å². The molecule has 1 aromatic carbocycles. The van der Waals surface area contributed by atoms with E-state index in [1.807, 2.05) is 18.5 Å². The third-order valence-electron chi connectivity index (χ3n) is 6.74. The Kier molecular flexibility index (Phi) is 7.14. The fraction of sp³-hybridized carbons (Fsp3) is 0.478. The molecule has 12 heteroatoms. The highest BCUT2D eigenvalue weighted by molar-refractivity contribution is 7.99. The molecule has 1 saturated heterocycles. The number of nitrogens with zero attached hydrogens (tertiary/aromatic N) is 6. The summed E-state index contributed by atoms with van der Waals surface area (Å²) < 4.78 is 55.1. The molecular formula is C23H25ClF4N6S. The molecule has 3 heterocycles. The van der Waals surface area contributed by atoms with Crippen molar-refractivity contribution in [1.82, 2.24) is 29.6 Å². The summed E-state index contributed by atoms with van der Waals surface area (Å²) in [5.74, 6) is 1.07. The number of aromatic nitrogens is 5. The Labute approximate surface area is 211 Å². The lowest BCUT2D eigenvalue weighted by Gasteiger charge is -2.21. The van der Waals surface area contributed by atoms with Crippen LogP contribution in [0.3, 0.4) is 0 Å². The summed E-state index contributed by atoms with van der Waals surface area (Å²) in [5, 5.41) is 9.29. The average Bonchev–Trinajstić information content (AvgIpc) is 3.15. The van der Waals surface area contributed by atoms with Crippen LogP contribution in [-0.4, -0.2) is 55.0 Å². The number of hydrogen-bond acceptors (Lipinski definition) is 6. The van der Waals surface area contributed by atoms with E-state index in [2.05, 4.69) is 25.1 Å². The molecule has 1 saturated carbocycles. The summed E-state index contributed by atoms with van der Waals surface area (Å²) in [6, 6.07) is 2.97. The summed E-state index contributed by atoms with van der Waals surface area (Å²) >= 11 is 1.61. The van der Waals surface area contributed by atoms with Gasteiger partial charge in [-0.2, -0.15) is 13.2 Å². The van der Waals surface area contributed by atoms with E-state index in [1.165, 1.54) is 6.07 Å². The molecule has 35 heavy (non-hydrogen) atoms. The van der Waals surface area contributed by atoms with Crippen LogP contribution in [-0.2, 0) is 18.6 Å². The molecule has 2 atom stereocenters. The number of benzene rings is 1. The van der Waals surface area contributed by atoms with Gasteiger partial charge in [-0.15, -0.1) is 22.6 Å². The number of alkyl halides is 3. The van der Waals surface area contributed by atoms with Gasteiger partial charge in [0.25, 0.3) is 0 Å². The second-order valence-electron chi connectivity index (χ2n) is 9.09. The van der Waals surface area contributed by atoms with Crippen LogP contribution in [0.5, 0.6) is 0 Å². The predicted molar refractivity (Wildman–Crippen MR) is 127 cm³/mol. The van der Waals surface area contributed by atoms with Crippen LogP contribution in [0.4, 0.5) is 17.6 Å². The molecule has 0 bridgehead atoms. The maximum atomic E-state index is 14.6. The van der Waals surface area contributed by atoms with Crippen molar-refractivity contribution >= 4 is 24.2 Å². The Balaban J connectivity index is 0.00000289. The van der Waals surface area contributed by atoms with Crippen LogP contribution in [0, 0.1) is 18.7 Å². The van der Waals surface area contributed by atoms with E-state index in [0.29, 0.717) is 35.6 Å². The third-order valence-corrected chi connectivity index (χ3v) is 7.85. The van der Waals surface area contributed by atoms with Crippen molar-refractivity contribution in [2.75, 3.05) is 25.4 Å². The Morgan fingerprint density at radius 1 is 1.17 bits per heavy atom. The van der Waals surface area contributed by atoms with Crippen LogP contribution in [0.15, 0.2) is 35.7 Å². The lowest BCUT2D eigenvalue weighted by Crippen LogP contribution is -2.28. The Bertz CT molecular complexity index is 1200. The number of halogens is 5. The lowest BCUT2D eigenvalue weighted by atomic mass is 9.93. The fourth-order valence-corrected chi connectivity index (χ4v) is 5.73. The number of fused-ring (bicyclic) bond motifs is 1. The molecule has 188 valence electrons. The maximum Gasteiger partial charge on any atom is 0.416 e. The van der Waals surface area contributed by atoms with E-state index in [4.69, 9.17) is 0 Å². The smallest absolute Gasteiger partial charge is 0.304 e. The second-order valence-corrected chi connectivity index (χ2v) is 10.2. The fourth-order valence-electron chi connectivity index (χ4n) is 4.89. The number of thioether (sulfide) groups is 1. The minimum atomic E-state index is -4.53. The number of piperidine rings is 1. The summed E-state index contributed by atoms with van der Waals surface area (Å²) in [5.41, 5.74) is 0.658. The molecule has 0 radical (unpaired) electrons. The van der Waals surface area contributed by atoms with E-state index >= 15 is 0 Å². The summed E-state index contributed by atoms with van der Waals surface area (Å²) in [4.78, 5) is 10.9. The first-order valence-electron chi connectivity index (χ1n) is 11.1. The van der Waals surface area contributed by atoms with Crippen molar-refractivity contribution in [3.8, 4) is 11.5 Å². The van der Waals surface area contributed by atoms with Crippen LogP contribution in [0.2, 0.25) is 0 Å². The number of rotatable bonds is 7. The van der Waals surface area contributed by atoms with Gasteiger partial charge in [-0.1, -0.05) is 17.8 Å². The van der Waals surface area contributed by atoms with Crippen molar-refractivity contribution in [3.63, 3.8) is 0 Å². The second kappa shape index (κ2) is 9.67. The van der Waals surface area contributed by atoms with Crippen molar-refractivity contribution in [1.29, 1.82) is 0 Å². The lowest BCUT2D eigenvalue weighted by molar-refractivity contribution is -0.137. The predicted octanol–water partition coefficient (Wildman–Crippen LogP) is 4.92. The van der Waals surface area contributed by atoms with Gasteiger partial charge in [0.05, 0.1) is 17.5 Å². The highest BCUT2D eigenvalue weighted by Gasteiger charge is 2.61. The molecule has 1 aliphatic carbocycles. The van der Waals surface area contributed by atoms with Gasteiger partial charge in [-0.05, 0) is 49.9 Å². The molecule has 2 fully saturated rings. The average molecular weight is 529 g/mol. The quantitative estimate of drug-likeness (QED) is 0.246. The van der Waals surface area contributed by atoms with Crippen molar-refractivity contribution in [2.24, 2.45) is 13.0 Å². The van der Waals surface area contributed by atoms with E-state index in [9.17, 15) is 17.6 Å². The maximum absolute atomic E-state index is 14.6. The minimum Gasteiger partial charge on any atom is -0.304 e. The van der Waals surface area contributed by atoms with Gasteiger partial charge >= 0.3 is 6.18 Å². The standard InChI is InChI=1S/C23H24F4N6S.ClH/c1-14-10-29-19(11-28-14)20-30-31-21(32(20)2)34-7-3-6-33-12-16-9-22(16,13-33)17-5-4-15(8-18(17)24)23(25,26)27;/h4-5,8,10-11,16H,3,6-7,9,12-13H2,1-2H3;1H/t16-,22-;/m0./s1. The molecule has 0 spiro atoms. The minimum absolute atomic E-state index is 0. The van der Waals surface area contributed by atoms with Crippen molar-refractivity contribution < 1.29 is 17.6 Å². The largest absolute Gasteiger partial charge is 0.416 e. The highest BCUT2D eigenvalue weighted by atomic mass is 35.5. The molecule has 3 aromatic rings. The van der Waals surface area contributed by atoms with Crippen LogP contribution in [0.1, 0.15) is 29.7 Å². The number of aryl methyl sites for hydroxylation is 1. The number of hydrogen-bond donors (Lipinski definition) is 0. The van der Waals surface area contributed by atoms with Crippen molar-refractivity contribution in [2.45, 2.75) is 36.5 Å². The Morgan fingerprint density at radius 3 is 2.66 bits per heavy atom. The van der Waals surface area contributed by atoms with E-state index in [0.717, 1.165) is 48.6 Å². The van der Waals surface area contributed by atoms with Gasteiger partial charge in [-0.3, -0.25) is 4.98 Å². The van der Waals surface area contributed by atoms with E-state index < -0.39 is 17.6 Å². The van der Waals surface area contributed by atoms with Gasteiger partial charge < -0.3 is 9.47 Å². The topological polar surface area (TPSA) is 59.7 Å². The molecule has 2 aliphatic rings. The Morgan fingerprint density at radius 2 is 1.97 bits per heavy atom. The van der Waals surface area contributed by atoms with Gasteiger partial charge in [0.1, 0.15) is 11.5 Å². The Hall–Kier alpha value is -2.24. The molecule has 0 N–H and O–H groups in total. The van der Waals surface area contributed by atoms with Crippen LogP contribution >= 0.6 is 24.2 Å². The van der Waals surface area contributed by atoms with Gasteiger partial charge in [0.15, 0.2) is 11.0 Å². The van der Waals surface area contributed by atoms with E-state index in [1.54, 1.807) is 24.2 Å². The zero-order valence-electron chi connectivity index (χ0n) is 19.2. The molecule has 2 aromatic heterocycles. The summed E-state index contributed by atoms with van der Waals surface area (Å²) in [7, 11) is 1.90. The zero-order valence-corrected chi connectivity index (χ0v) is 20.9. The van der Waals surface area contributed by atoms with Gasteiger partial charge in [-0.25, -0.2) is 9.37 Å². The summed E-state index contributed by atoms with van der Waals surface area (Å²) in [6.07, 6.45) is 0.596. The molecule has 5 rings (SSSR count). The van der Waals surface area contributed by atoms with Crippen LogP contribution < -0.4 is 0 Å². The molecule has 0 amide bonds. The van der Waals surface area contributed by atoms with Gasteiger partial charge in [0.2, 0.25) is 0 Å². The number of likely N-dealkylation sites (tertiary alicyclic amines) is 1. The first-order valence-corrected chi connectivity index (χ1v) is 12.1.